The zero-order valence-electron chi connectivity index (χ0n) is 13.8. The predicted molar refractivity (Wildman–Crippen MR) is 85.4 cm³/mol. The minimum absolute atomic E-state index is 0.00514. The van der Waals surface area contributed by atoms with E-state index in [9.17, 15) is 5.11 Å². The summed E-state index contributed by atoms with van der Waals surface area (Å²) < 4.78 is 0. The maximum atomic E-state index is 10.1. The largest absolute Gasteiger partial charge is 0.495 e. The van der Waals surface area contributed by atoms with E-state index < -0.39 is 6.23 Å². The number of aliphatic hydroxyl groups excluding tert-OH is 2. The van der Waals surface area contributed by atoms with Crippen LogP contribution < -0.4 is 10.6 Å². The van der Waals surface area contributed by atoms with Gasteiger partial charge in [0.2, 0.25) is 0 Å². The zero-order chi connectivity index (χ0) is 15.7. The second-order valence-corrected chi connectivity index (χ2v) is 6.40. The van der Waals surface area contributed by atoms with Crippen LogP contribution in [0.3, 0.4) is 0 Å². The fourth-order valence-corrected chi connectivity index (χ4v) is 2.66. The molecule has 120 valence electrons. The number of hydrogen-bond donors (Lipinski definition) is 4. The summed E-state index contributed by atoms with van der Waals surface area (Å²) in [5.74, 6) is 1.06. The zero-order valence-corrected chi connectivity index (χ0v) is 13.8. The van der Waals surface area contributed by atoms with Crippen LogP contribution in [0.2, 0.25) is 0 Å². The first-order valence-electron chi connectivity index (χ1n) is 7.83. The standard InChI is InChI=1S/C16H34N2O2/c1-7-11(2)8-14(5)18-16(20)10-12(3)9-13(4)17-15(6)19/h11-14,16-20H,6-10H2,1-5H3. The SMILES string of the molecule is C=C(O)NC(C)CC(C)CC(O)NC(C)CC(C)CC. The van der Waals surface area contributed by atoms with Gasteiger partial charge in [-0.3, -0.25) is 5.32 Å². The van der Waals surface area contributed by atoms with E-state index in [2.05, 4.69) is 44.9 Å². The molecule has 0 spiro atoms. The van der Waals surface area contributed by atoms with Gasteiger partial charge in [-0.2, -0.15) is 0 Å². The molecule has 0 amide bonds. The van der Waals surface area contributed by atoms with Gasteiger partial charge in [-0.05, 0) is 51.5 Å². The first-order chi connectivity index (χ1) is 9.24. The van der Waals surface area contributed by atoms with Crippen LogP contribution in [-0.4, -0.2) is 28.5 Å². The van der Waals surface area contributed by atoms with Crippen molar-refractivity contribution in [1.82, 2.24) is 10.6 Å². The molecule has 0 fully saturated rings. The third-order valence-electron chi connectivity index (χ3n) is 3.72. The highest BCUT2D eigenvalue weighted by Crippen LogP contribution is 2.14. The van der Waals surface area contributed by atoms with Gasteiger partial charge in [0.05, 0.1) is 0 Å². The van der Waals surface area contributed by atoms with Crippen molar-refractivity contribution >= 4 is 0 Å². The average Bonchev–Trinajstić information content (AvgIpc) is 2.26. The van der Waals surface area contributed by atoms with E-state index in [1.54, 1.807) is 0 Å². The highest BCUT2D eigenvalue weighted by atomic mass is 16.3. The van der Waals surface area contributed by atoms with Gasteiger partial charge in [0.15, 0.2) is 5.88 Å². The summed E-state index contributed by atoms with van der Waals surface area (Å²) in [6.45, 7) is 14.1. The van der Waals surface area contributed by atoms with Gasteiger partial charge in [-0.15, -0.1) is 0 Å². The van der Waals surface area contributed by atoms with Gasteiger partial charge < -0.3 is 15.5 Å². The van der Waals surface area contributed by atoms with Gasteiger partial charge in [0, 0.05) is 12.1 Å². The van der Waals surface area contributed by atoms with Crippen LogP contribution in [0.1, 0.15) is 60.3 Å². The van der Waals surface area contributed by atoms with Crippen LogP contribution >= 0.6 is 0 Å². The molecule has 0 aromatic carbocycles. The lowest BCUT2D eigenvalue weighted by atomic mass is 9.97. The fourth-order valence-electron chi connectivity index (χ4n) is 2.66. The topological polar surface area (TPSA) is 64.5 Å². The van der Waals surface area contributed by atoms with Crippen molar-refractivity contribution in [3.63, 3.8) is 0 Å². The highest BCUT2D eigenvalue weighted by Gasteiger charge is 2.16. The van der Waals surface area contributed by atoms with Gasteiger partial charge >= 0.3 is 0 Å². The molecule has 0 saturated heterocycles. The summed E-state index contributed by atoms with van der Waals surface area (Å²) in [5, 5.41) is 25.3. The molecule has 0 aromatic heterocycles. The smallest absolute Gasteiger partial charge is 0.176 e. The third kappa shape index (κ3) is 10.1. The van der Waals surface area contributed by atoms with Crippen LogP contribution in [0.5, 0.6) is 0 Å². The summed E-state index contributed by atoms with van der Waals surface area (Å²) in [7, 11) is 0. The highest BCUT2D eigenvalue weighted by molar-refractivity contribution is 4.80. The summed E-state index contributed by atoms with van der Waals surface area (Å²) in [6, 6.07) is 0.493. The Morgan fingerprint density at radius 2 is 1.55 bits per heavy atom. The van der Waals surface area contributed by atoms with E-state index in [1.165, 1.54) is 6.42 Å². The second-order valence-electron chi connectivity index (χ2n) is 6.40. The molecule has 0 aromatic rings. The minimum atomic E-state index is -0.464. The van der Waals surface area contributed by atoms with Crippen LogP contribution in [-0.2, 0) is 0 Å². The van der Waals surface area contributed by atoms with E-state index in [0.717, 1.165) is 19.3 Å². The Bertz CT molecular complexity index is 271. The maximum Gasteiger partial charge on any atom is 0.176 e. The number of aliphatic hydroxyl groups is 2. The number of rotatable bonds is 11. The molecule has 0 aliphatic heterocycles. The van der Waals surface area contributed by atoms with Crippen LogP contribution in [0.15, 0.2) is 12.5 Å². The molecule has 0 heterocycles. The van der Waals surface area contributed by atoms with Gasteiger partial charge in [-0.25, -0.2) is 0 Å². The molecule has 4 N–H and O–H groups in total. The summed E-state index contributed by atoms with van der Waals surface area (Å²) in [6.07, 6.45) is 3.40. The molecule has 5 unspecified atom stereocenters. The second kappa shape index (κ2) is 10.1. The molecular weight excluding hydrogens is 252 g/mol. The maximum absolute atomic E-state index is 10.1. The molecule has 0 bridgehead atoms. The van der Waals surface area contributed by atoms with Crippen LogP contribution in [0.4, 0.5) is 0 Å². The number of hydrogen-bond acceptors (Lipinski definition) is 4. The van der Waals surface area contributed by atoms with Gasteiger partial charge in [-0.1, -0.05) is 27.2 Å². The summed E-state index contributed by atoms with van der Waals surface area (Å²) in [4.78, 5) is 0. The van der Waals surface area contributed by atoms with E-state index in [1.807, 2.05) is 6.92 Å². The fraction of sp³-hybridized carbons (Fsp3) is 0.875. The quantitative estimate of drug-likeness (QED) is 0.348. The Morgan fingerprint density at radius 3 is 2.05 bits per heavy atom. The summed E-state index contributed by atoms with van der Waals surface area (Å²) >= 11 is 0. The van der Waals surface area contributed by atoms with E-state index in [-0.39, 0.29) is 11.9 Å². The van der Waals surface area contributed by atoms with Crippen molar-refractivity contribution in [3.8, 4) is 0 Å². The van der Waals surface area contributed by atoms with Crippen molar-refractivity contribution < 1.29 is 10.2 Å². The lowest BCUT2D eigenvalue weighted by Crippen LogP contribution is -2.39. The monoisotopic (exact) mass is 286 g/mol. The van der Waals surface area contributed by atoms with E-state index in [0.29, 0.717) is 17.9 Å². The average molecular weight is 286 g/mol. The van der Waals surface area contributed by atoms with Crippen LogP contribution in [0.25, 0.3) is 0 Å². The molecule has 5 atom stereocenters. The molecule has 0 saturated carbocycles. The first kappa shape index (κ1) is 19.3. The first-order valence-corrected chi connectivity index (χ1v) is 7.83. The minimum Gasteiger partial charge on any atom is -0.495 e. The van der Waals surface area contributed by atoms with E-state index in [4.69, 9.17) is 5.11 Å². The molecule has 0 radical (unpaired) electrons. The summed E-state index contributed by atoms with van der Waals surface area (Å²) in [5.41, 5.74) is 0. The number of nitrogens with one attached hydrogen (secondary N) is 2. The molecule has 4 nitrogen and oxygen atoms in total. The molecule has 0 rings (SSSR count). The predicted octanol–water partition coefficient (Wildman–Crippen LogP) is 3.14. The Labute approximate surface area is 124 Å². The normalized spacial score (nSPS) is 18.9. The molecular formula is C16H34N2O2. The van der Waals surface area contributed by atoms with Crippen molar-refractivity contribution in [1.29, 1.82) is 0 Å². The van der Waals surface area contributed by atoms with Gasteiger partial charge in [0.25, 0.3) is 0 Å². The Balaban J connectivity index is 3.94. The van der Waals surface area contributed by atoms with Crippen molar-refractivity contribution in [2.75, 3.05) is 0 Å². The molecule has 0 aliphatic carbocycles. The third-order valence-corrected chi connectivity index (χ3v) is 3.72. The lowest BCUT2D eigenvalue weighted by molar-refractivity contribution is 0.0925. The van der Waals surface area contributed by atoms with Gasteiger partial charge in [0.1, 0.15) is 6.23 Å². The Kier molecular flexibility index (Phi) is 9.68. The molecule has 0 aliphatic rings. The molecule has 20 heavy (non-hydrogen) atoms. The van der Waals surface area contributed by atoms with Crippen molar-refractivity contribution in [2.45, 2.75) is 78.6 Å². The van der Waals surface area contributed by atoms with Crippen molar-refractivity contribution in [2.24, 2.45) is 11.8 Å². The lowest BCUT2D eigenvalue weighted by Gasteiger charge is -2.25. The van der Waals surface area contributed by atoms with E-state index >= 15 is 0 Å². The van der Waals surface area contributed by atoms with Crippen molar-refractivity contribution in [3.05, 3.63) is 12.5 Å². The molecule has 4 heteroatoms. The van der Waals surface area contributed by atoms with Crippen LogP contribution in [0, 0.1) is 11.8 Å². The Morgan fingerprint density at radius 1 is 1.00 bits per heavy atom. The Hall–Kier alpha value is -0.740.